The van der Waals surface area contributed by atoms with Crippen LogP contribution in [0.5, 0.6) is 0 Å². The van der Waals surface area contributed by atoms with E-state index in [1.54, 1.807) is 17.0 Å². The lowest BCUT2D eigenvalue weighted by Crippen LogP contribution is -2.40. The zero-order valence-corrected chi connectivity index (χ0v) is 20.8. The molecule has 2 aromatic carbocycles. The van der Waals surface area contributed by atoms with E-state index in [0.29, 0.717) is 43.1 Å². The molecular weight excluding hydrogens is 468 g/mol. The van der Waals surface area contributed by atoms with E-state index in [1.807, 2.05) is 36.4 Å². The van der Waals surface area contributed by atoms with Gasteiger partial charge in [-0.2, -0.15) is 0 Å². The summed E-state index contributed by atoms with van der Waals surface area (Å²) < 4.78 is 5.35. The molecule has 0 saturated carbocycles. The van der Waals surface area contributed by atoms with Gasteiger partial charge in [-0.1, -0.05) is 30.3 Å². The fourth-order valence-corrected chi connectivity index (χ4v) is 4.87. The third-order valence-electron chi connectivity index (χ3n) is 6.99. The second kappa shape index (κ2) is 11.1. The van der Waals surface area contributed by atoms with Gasteiger partial charge in [0, 0.05) is 55.5 Å². The second-order valence-electron chi connectivity index (χ2n) is 9.53. The fraction of sp³-hybridized carbons (Fsp3) is 0.357. The highest BCUT2D eigenvalue weighted by atomic mass is 16.5. The highest BCUT2D eigenvalue weighted by Crippen LogP contribution is 2.26. The number of para-hydroxylation sites is 1. The molecule has 0 bridgehead atoms. The Kier molecular flexibility index (Phi) is 7.43. The third kappa shape index (κ3) is 5.63. The fourth-order valence-electron chi connectivity index (χ4n) is 4.87. The average molecular weight is 501 g/mol. The van der Waals surface area contributed by atoms with Crippen molar-refractivity contribution in [2.24, 2.45) is 5.73 Å². The summed E-state index contributed by atoms with van der Waals surface area (Å²) in [6.45, 7) is 3.93. The summed E-state index contributed by atoms with van der Waals surface area (Å²) >= 11 is 0. The standard InChI is InChI=1S/C28H32N6O3/c29-22-8-10-33(11-9-22)24-7-2-1-4-20(24)17-25(35)26-27(30)31-18-23(32-26)19-5-3-6-21(16-19)28(36)34-12-14-37-15-13-34/h1-7,16,18,22H,8-15,17,29H2,(H2,30,31). The molecule has 0 radical (unpaired) electrons. The molecule has 37 heavy (non-hydrogen) atoms. The summed E-state index contributed by atoms with van der Waals surface area (Å²) in [6.07, 6.45) is 3.55. The van der Waals surface area contributed by atoms with E-state index < -0.39 is 0 Å². The predicted octanol–water partition coefficient (Wildman–Crippen LogP) is 2.55. The molecule has 0 unspecified atom stereocenters. The molecule has 2 saturated heterocycles. The molecule has 2 aliphatic rings. The first-order chi connectivity index (χ1) is 18.0. The van der Waals surface area contributed by atoms with Crippen molar-refractivity contribution in [3.63, 3.8) is 0 Å². The number of rotatable bonds is 6. The zero-order chi connectivity index (χ0) is 25.8. The summed E-state index contributed by atoms with van der Waals surface area (Å²) in [4.78, 5) is 39.3. The number of nitrogens with zero attached hydrogens (tertiary/aromatic N) is 4. The Balaban J connectivity index is 1.37. The maximum Gasteiger partial charge on any atom is 0.254 e. The monoisotopic (exact) mass is 500 g/mol. The minimum absolute atomic E-state index is 0.0554. The number of nitrogens with two attached hydrogens (primary N) is 2. The van der Waals surface area contributed by atoms with Crippen molar-refractivity contribution in [2.45, 2.75) is 25.3 Å². The molecule has 2 fully saturated rings. The summed E-state index contributed by atoms with van der Waals surface area (Å²) in [5.41, 5.74) is 16.0. The molecule has 9 heteroatoms. The Bertz CT molecular complexity index is 1280. The Morgan fingerprint density at radius 2 is 1.76 bits per heavy atom. The molecule has 0 aliphatic carbocycles. The number of ether oxygens (including phenoxy) is 1. The number of ketones is 1. The number of nitrogen functional groups attached to an aromatic ring is 1. The number of benzene rings is 2. The number of morpholine rings is 1. The number of carbonyl (C=O) groups excluding carboxylic acids is 2. The van der Waals surface area contributed by atoms with Crippen molar-refractivity contribution in [1.82, 2.24) is 14.9 Å². The summed E-state index contributed by atoms with van der Waals surface area (Å²) in [7, 11) is 0. The van der Waals surface area contributed by atoms with Gasteiger partial charge in [-0.25, -0.2) is 9.97 Å². The first-order valence-electron chi connectivity index (χ1n) is 12.7. The minimum atomic E-state index is -0.200. The van der Waals surface area contributed by atoms with Gasteiger partial charge in [0.25, 0.3) is 5.91 Å². The van der Waals surface area contributed by atoms with Crippen LogP contribution in [0.3, 0.4) is 0 Å². The molecule has 192 valence electrons. The van der Waals surface area contributed by atoms with Crippen molar-refractivity contribution in [2.75, 3.05) is 50.0 Å². The lowest BCUT2D eigenvalue weighted by atomic mass is 10.0. The number of hydrogen-bond donors (Lipinski definition) is 2. The molecular formula is C28H32N6O3. The number of piperidine rings is 1. The van der Waals surface area contributed by atoms with Crippen molar-refractivity contribution < 1.29 is 14.3 Å². The lowest BCUT2D eigenvalue weighted by Gasteiger charge is -2.33. The minimum Gasteiger partial charge on any atom is -0.382 e. The largest absolute Gasteiger partial charge is 0.382 e. The predicted molar refractivity (Wildman–Crippen MR) is 143 cm³/mol. The van der Waals surface area contributed by atoms with Gasteiger partial charge in [0.2, 0.25) is 0 Å². The van der Waals surface area contributed by atoms with Crippen LogP contribution in [0.1, 0.15) is 39.3 Å². The van der Waals surface area contributed by atoms with Gasteiger partial charge in [-0.3, -0.25) is 9.59 Å². The maximum absolute atomic E-state index is 13.4. The Morgan fingerprint density at radius 3 is 2.54 bits per heavy atom. The molecule has 3 aromatic rings. The molecule has 5 rings (SSSR count). The molecule has 1 aromatic heterocycles. The van der Waals surface area contributed by atoms with Gasteiger partial charge in [-0.15, -0.1) is 0 Å². The van der Waals surface area contributed by atoms with Crippen LogP contribution in [-0.4, -0.2) is 72.0 Å². The highest BCUT2D eigenvalue weighted by Gasteiger charge is 2.22. The van der Waals surface area contributed by atoms with E-state index in [1.165, 1.54) is 6.20 Å². The molecule has 4 N–H and O–H groups in total. The van der Waals surface area contributed by atoms with Crippen LogP contribution in [0, 0.1) is 0 Å². The molecule has 2 aliphatic heterocycles. The van der Waals surface area contributed by atoms with Gasteiger partial charge < -0.3 is 26.0 Å². The first kappa shape index (κ1) is 24.9. The molecule has 0 atom stereocenters. The Hall–Kier alpha value is -3.82. The normalized spacial score (nSPS) is 16.6. The molecule has 3 heterocycles. The van der Waals surface area contributed by atoms with E-state index in [9.17, 15) is 9.59 Å². The van der Waals surface area contributed by atoms with Crippen LogP contribution >= 0.6 is 0 Å². The topological polar surface area (TPSA) is 128 Å². The number of amides is 1. The van der Waals surface area contributed by atoms with E-state index in [2.05, 4.69) is 14.9 Å². The molecule has 0 spiro atoms. The van der Waals surface area contributed by atoms with Crippen LogP contribution in [0.2, 0.25) is 0 Å². The lowest BCUT2D eigenvalue weighted by molar-refractivity contribution is 0.0303. The van der Waals surface area contributed by atoms with Gasteiger partial charge in [0.1, 0.15) is 5.69 Å². The Morgan fingerprint density at radius 1 is 1.00 bits per heavy atom. The van der Waals surface area contributed by atoms with E-state index in [0.717, 1.165) is 37.2 Å². The number of aromatic nitrogens is 2. The van der Waals surface area contributed by atoms with Crippen molar-refractivity contribution in [1.29, 1.82) is 0 Å². The van der Waals surface area contributed by atoms with Gasteiger partial charge >= 0.3 is 0 Å². The first-order valence-corrected chi connectivity index (χ1v) is 12.7. The van der Waals surface area contributed by atoms with E-state index in [-0.39, 0.29) is 35.7 Å². The van der Waals surface area contributed by atoms with Gasteiger partial charge in [-0.05, 0) is 36.6 Å². The summed E-state index contributed by atoms with van der Waals surface area (Å²) in [5.74, 6) is -0.163. The second-order valence-corrected chi connectivity index (χ2v) is 9.53. The van der Waals surface area contributed by atoms with Gasteiger partial charge in [0.15, 0.2) is 11.6 Å². The SMILES string of the molecule is Nc1ncc(-c2cccc(C(=O)N3CCOCC3)c2)nc1C(=O)Cc1ccccc1N1CCC(N)CC1. The molecule has 1 amide bonds. The average Bonchev–Trinajstić information content (AvgIpc) is 2.94. The van der Waals surface area contributed by atoms with E-state index >= 15 is 0 Å². The summed E-state index contributed by atoms with van der Waals surface area (Å²) in [5, 5.41) is 0. The summed E-state index contributed by atoms with van der Waals surface area (Å²) in [6, 6.07) is 15.4. The van der Waals surface area contributed by atoms with Crippen LogP contribution < -0.4 is 16.4 Å². The quantitative estimate of drug-likeness (QED) is 0.494. The smallest absolute Gasteiger partial charge is 0.254 e. The van der Waals surface area contributed by atoms with Crippen LogP contribution in [-0.2, 0) is 11.2 Å². The van der Waals surface area contributed by atoms with Crippen LogP contribution in [0.25, 0.3) is 11.3 Å². The van der Waals surface area contributed by atoms with E-state index in [4.69, 9.17) is 16.2 Å². The highest BCUT2D eigenvalue weighted by molar-refractivity contribution is 6.00. The number of carbonyl (C=O) groups is 2. The zero-order valence-electron chi connectivity index (χ0n) is 20.8. The number of anilines is 2. The maximum atomic E-state index is 13.4. The molecule has 9 nitrogen and oxygen atoms in total. The van der Waals surface area contributed by atoms with Crippen molar-refractivity contribution in [3.8, 4) is 11.3 Å². The number of Topliss-reactive ketones (excluding diaryl/α,β-unsaturated/α-hetero) is 1. The number of hydrogen-bond acceptors (Lipinski definition) is 8. The Labute approximate surface area is 216 Å². The van der Waals surface area contributed by atoms with Gasteiger partial charge in [0.05, 0.1) is 25.1 Å². The third-order valence-corrected chi connectivity index (χ3v) is 6.99. The van der Waals surface area contributed by atoms with Crippen molar-refractivity contribution in [3.05, 3.63) is 71.5 Å². The van der Waals surface area contributed by atoms with Crippen LogP contribution in [0.4, 0.5) is 11.5 Å². The van der Waals surface area contributed by atoms with Crippen molar-refractivity contribution >= 4 is 23.2 Å². The van der Waals surface area contributed by atoms with Crippen LogP contribution in [0.15, 0.2) is 54.7 Å².